The number of aliphatic imine (C=N–C) groups is 1. The van der Waals surface area contributed by atoms with E-state index in [4.69, 9.17) is 33.2 Å². The first kappa shape index (κ1) is 25.3. The van der Waals surface area contributed by atoms with Crippen LogP contribution in [0.5, 0.6) is 0 Å². The van der Waals surface area contributed by atoms with E-state index in [1.165, 1.54) is 21.6 Å². The second-order valence-corrected chi connectivity index (χ2v) is 10.5. The van der Waals surface area contributed by atoms with Gasteiger partial charge >= 0.3 is 0 Å². The van der Waals surface area contributed by atoms with E-state index in [2.05, 4.69) is 48.6 Å². The summed E-state index contributed by atoms with van der Waals surface area (Å²) in [5.74, 6) is 2.12. The minimum atomic E-state index is 0.297. The normalized spacial score (nSPS) is 14.2. The number of piperazine rings is 1. The van der Waals surface area contributed by atoms with Crippen molar-refractivity contribution in [2.45, 2.75) is 20.8 Å². The van der Waals surface area contributed by atoms with Gasteiger partial charge in [0, 0.05) is 43.0 Å². The summed E-state index contributed by atoms with van der Waals surface area (Å²) in [6.45, 7) is 8.94. The van der Waals surface area contributed by atoms with E-state index in [-0.39, 0.29) is 0 Å². The molecule has 190 valence electrons. The van der Waals surface area contributed by atoms with Crippen molar-refractivity contribution in [2.75, 3.05) is 41.7 Å². The summed E-state index contributed by atoms with van der Waals surface area (Å²) in [4.78, 5) is 18.3. The molecule has 37 heavy (non-hydrogen) atoms. The lowest BCUT2D eigenvalue weighted by Crippen LogP contribution is -2.51. The van der Waals surface area contributed by atoms with Gasteiger partial charge in [0.05, 0.1) is 15.4 Å². The molecule has 4 aromatic rings. The highest BCUT2D eigenvalue weighted by atomic mass is 35.5. The molecular formula is C26H27ClN8S2. The molecule has 5 rings (SSSR count). The molecule has 0 aliphatic carbocycles. The van der Waals surface area contributed by atoms with Crippen molar-refractivity contribution >= 4 is 74.0 Å². The molecule has 0 spiro atoms. The standard InChI is InChI=1S/C26H27ClN8S2/c1-16-8-9-21(20(27)14-16)30-26(36)32-25(31-24-28-17(2)15-18(3)29-24)35-12-10-34(11-13-35)23-19-6-4-5-7-22(19)37-33-23/h4-9,14-15H,10-13H2,1-3H3,(H2,28,29,30,31,32,36). The predicted octanol–water partition coefficient (Wildman–Crippen LogP) is 5.65. The molecular weight excluding hydrogens is 524 g/mol. The summed E-state index contributed by atoms with van der Waals surface area (Å²) in [7, 11) is 0. The summed E-state index contributed by atoms with van der Waals surface area (Å²) < 4.78 is 5.92. The summed E-state index contributed by atoms with van der Waals surface area (Å²) in [6.07, 6.45) is 0. The minimum absolute atomic E-state index is 0.297. The molecule has 1 fully saturated rings. The zero-order valence-corrected chi connectivity index (χ0v) is 23.2. The van der Waals surface area contributed by atoms with Crippen molar-refractivity contribution < 1.29 is 0 Å². The van der Waals surface area contributed by atoms with E-state index in [0.29, 0.717) is 27.7 Å². The Kier molecular flexibility index (Phi) is 7.50. The van der Waals surface area contributed by atoms with Gasteiger partial charge in [0.15, 0.2) is 0 Å². The van der Waals surface area contributed by atoms with Gasteiger partial charge in [0.2, 0.25) is 17.0 Å². The third kappa shape index (κ3) is 5.98. The molecule has 1 aliphatic rings. The van der Waals surface area contributed by atoms with Crippen molar-refractivity contribution in [3.05, 3.63) is 70.5 Å². The zero-order valence-electron chi connectivity index (χ0n) is 20.8. The second-order valence-electron chi connectivity index (χ2n) is 8.92. The maximum absolute atomic E-state index is 6.40. The molecule has 0 radical (unpaired) electrons. The van der Waals surface area contributed by atoms with Crippen LogP contribution >= 0.6 is 35.4 Å². The molecule has 0 bridgehead atoms. The van der Waals surface area contributed by atoms with Crippen molar-refractivity contribution in [2.24, 2.45) is 4.99 Å². The van der Waals surface area contributed by atoms with Crippen LogP contribution in [0.1, 0.15) is 17.0 Å². The van der Waals surface area contributed by atoms with E-state index in [1.54, 1.807) is 0 Å². The fourth-order valence-electron chi connectivity index (χ4n) is 4.25. The van der Waals surface area contributed by atoms with Crippen LogP contribution in [0.15, 0.2) is 53.5 Å². The Balaban J connectivity index is 1.37. The number of thiocarbonyl (C=S) groups is 1. The van der Waals surface area contributed by atoms with Crippen LogP contribution in [-0.4, -0.2) is 56.5 Å². The SMILES string of the molecule is Cc1ccc(NC(=S)/N=C(/Nc2nc(C)cc(C)n2)N2CCN(c3nsc4ccccc34)CC2)c(Cl)c1. The van der Waals surface area contributed by atoms with Gasteiger partial charge in [-0.25, -0.2) is 9.97 Å². The van der Waals surface area contributed by atoms with Crippen molar-refractivity contribution in [1.29, 1.82) is 0 Å². The first-order chi connectivity index (χ1) is 17.9. The molecule has 1 saturated heterocycles. The van der Waals surface area contributed by atoms with Gasteiger partial charge in [0.25, 0.3) is 0 Å². The van der Waals surface area contributed by atoms with Gasteiger partial charge in [-0.2, -0.15) is 9.37 Å². The van der Waals surface area contributed by atoms with Gasteiger partial charge < -0.3 is 15.1 Å². The number of aromatic nitrogens is 3. The third-order valence-electron chi connectivity index (χ3n) is 6.02. The minimum Gasteiger partial charge on any atom is -0.352 e. The summed E-state index contributed by atoms with van der Waals surface area (Å²) in [6, 6.07) is 16.0. The topological polar surface area (TPSA) is 81.6 Å². The van der Waals surface area contributed by atoms with Gasteiger partial charge in [0.1, 0.15) is 5.82 Å². The van der Waals surface area contributed by atoms with Crippen LogP contribution in [0.2, 0.25) is 5.02 Å². The second kappa shape index (κ2) is 11.0. The Labute approximate surface area is 230 Å². The van der Waals surface area contributed by atoms with Crippen LogP contribution in [0.4, 0.5) is 17.5 Å². The lowest BCUT2D eigenvalue weighted by Gasteiger charge is -2.36. The number of nitrogens with zero attached hydrogens (tertiary/aromatic N) is 6. The highest BCUT2D eigenvalue weighted by molar-refractivity contribution is 7.80. The van der Waals surface area contributed by atoms with Gasteiger partial charge in [-0.1, -0.05) is 29.8 Å². The number of nitrogens with one attached hydrogen (secondary N) is 2. The molecule has 0 saturated carbocycles. The fourth-order valence-corrected chi connectivity index (χ4v) is 5.53. The van der Waals surface area contributed by atoms with Crippen molar-refractivity contribution in [1.82, 2.24) is 19.2 Å². The van der Waals surface area contributed by atoms with Gasteiger partial charge in [-0.3, -0.25) is 5.32 Å². The van der Waals surface area contributed by atoms with Crippen molar-refractivity contribution in [3.63, 3.8) is 0 Å². The Morgan fingerprint density at radius 2 is 1.70 bits per heavy atom. The molecule has 2 aromatic carbocycles. The number of hydrogen-bond acceptors (Lipinski definition) is 6. The first-order valence-electron chi connectivity index (χ1n) is 11.9. The number of anilines is 3. The van der Waals surface area contributed by atoms with E-state index < -0.39 is 0 Å². The van der Waals surface area contributed by atoms with Gasteiger partial charge in [-0.15, -0.1) is 0 Å². The van der Waals surface area contributed by atoms with E-state index in [0.717, 1.165) is 48.9 Å². The fraction of sp³-hybridized carbons (Fsp3) is 0.269. The first-order valence-corrected chi connectivity index (χ1v) is 13.5. The molecule has 0 unspecified atom stereocenters. The molecule has 2 N–H and O–H groups in total. The van der Waals surface area contributed by atoms with Crippen LogP contribution in [0, 0.1) is 20.8 Å². The van der Waals surface area contributed by atoms with E-state index in [1.807, 2.05) is 51.1 Å². The Morgan fingerprint density at radius 3 is 2.43 bits per heavy atom. The van der Waals surface area contributed by atoms with E-state index in [9.17, 15) is 0 Å². The number of fused-ring (bicyclic) bond motifs is 1. The number of benzene rings is 2. The molecule has 0 atom stereocenters. The number of rotatable bonds is 3. The lowest BCUT2D eigenvalue weighted by molar-refractivity contribution is 0.384. The highest BCUT2D eigenvalue weighted by Crippen LogP contribution is 2.30. The molecule has 1 aliphatic heterocycles. The Bertz CT molecular complexity index is 1460. The summed E-state index contributed by atoms with van der Waals surface area (Å²) >= 11 is 13.5. The number of guanidine groups is 1. The van der Waals surface area contributed by atoms with E-state index >= 15 is 0 Å². The van der Waals surface area contributed by atoms with Crippen LogP contribution in [0.25, 0.3) is 10.1 Å². The monoisotopic (exact) mass is 550 g/mol. The smallest absolute Gasteiger partial charge is 0.229 e. The Hall–Kier alpha value is -3.34. The van der Waals surface area contributed by atoms with Gasteiger partial charge in [-0.05, 0) is 80.4 Å². The van der Waals surface area contributed by atoms with Crippen LogP contribution in [-0.2, 0) is 0 Å². The summed E-state index contributed by atoms with van der Waals surface area (Å²) in [5, 5.41) is 8.54. The molecule has 3 heterocycles. The lowest BCUT2D eigenvalue weighted by atomic mass is 10.2. The largest absolute Gasteiger partial charge is 0.352 e. The number of hydrogen-bond donors (Lipinski definition) is 2. The predicted molar refractivity (Wildman–Crippen MR) is 158 cm³/mol. The maximum Gasteiger partial charge on any atom is 0.229 e. The quantitative estimate of drug-likeness (QED) is 0.192. The van der Waals surface area contributed by atoms with Crippen molar-refractivity contribution in [3.8, 4) is 0 Å². The van der Waals surface area contributed by atoms with Crippen LogP contribution in [0.3, 0.4) is 0 Å². The molecule has 11 heteroatoms. The number of halogens is 1. The Morgan fingerprint density at radius 1 is 0.973 bits per heavy atom. The number of aryl methyl sites for hydroxylation is 3. The average molecular weight is 551 g/mol. The molecule has 2 aromatic heterocycles. The molecule has 0 amide bonds. The summed E-state index contributed by atoms with van der Waals surface area (Å²) in [5.41, 5.74) is 3.54. The zero-order chi connectivity index (χ0) is 25.9. The van der Waals surface area contributed by atoms with Crippen LogP contribution < -0.4 is 15.5 Å². The third-order valence-corrected chi connectivity index (χ3v) is 7.34. The average Bonchev–Trinajstić information content (AvgIpc) is 3.29. The highest BCUT2D eigenvalue weighted by Gasteiger charge is 2.24. The molecule has 8 nitrogen and oxygen atoms in total. The maximum atomic E-state index is 6.40.